The molecule has 0 aliphatic carbocycles. The van der Waals surface area contributed by atoms with E-state index in [0.29, 0.717) is 16.5 Å². The zero-order valence-electron chi connectivity index (χ0n) is 13.1. The zero-order chi connectivity index (χ0) is 15.6. The molecular formula is C16H23N3OS. The Morgan fingerprint density at radius 1 is 1.48 bits per heavy atom. The van der Waals surface area contributed by atoms with Crippen LogP contribution in [0.15, 0.2) is 12.3 Å². The lowest BCUT2D eigenvalue weighted by molar-refractivity contribution is 0.0940. The molecule has 3 N–H and O–H groups in total. The summed E-state index contributed by atoms with van der Waals surface area (Å²) < 4.78 is 0. The normalized spacial score (nSPS) is 14.1. The fourth-order valence-electron chi connectivity index (χ4n) is 2.49. The predicted molar refractivity (Wildman–Crippen MR) is 89.8 cm³/mol. The van der Waals surface area contributed by atoms with Crippen LogP contribution in [0.4, 0.5) is 5.69 Å². The number of hydrogen-bond donors (Lipinski definition) is 2. The molecule has 1 amide bonds. The van der Waals surface area contributed by atoms with Crippen LogP contribution in [-0.4, -0.2) is 16.9 Å². The number of thiophene rings is 1. The van der Waals surface area contributed by atoms with Crippen molar-refractivity contribution in [2.45, 2.75) is 46.6 Å². The van der Waals surface area contributed by atoms with Crippen LogP contribution < -0.4 is 11.1 Å². The van der Waals surface area contributed by atoms with Gasteiger partial charge in [-0.05, 0) is 37.8 Å². The summed E-state index contributed by atoms with van der Waals surface area (Å²) in [6.07, 6.45) is 3.85. The number of hydrogen-bond acceptors (Lipinski definition) is 4. The zero-order valence-corrected chi connectivity index (χ0v) is 13.9. The van der Waals surface area contributed by atoms with Crippen LogP contribution in [-0.2, 0) is 0 Å². The Labute approximate surface area is 129 Å². The number of nitrogens with one attached hydrogen (secondary N) is 1. The molecule has 0 saturated carbocycles. The Balaban J connectivity index is 2.20. The van der Waals surface area contributed by atoms with Gasteiger partial charge in [0.2, 0.25) is 0 Å². The van der Waals surface area contributed by atoms with Crippen molar-refractivity contribution in [1.82, 2.24) is 10.3 Å². The van der Waals surface area contributed by atoms with Crippen molar-refractivity contribution in [2.75, 3.05) is 5.73 Å². The number of pyridine rings is 1. The molecule has 0 bridgehead atoms. The number of aryl methyl sites for hydroxylation is 1. The summed E-state index contributed by atoms with van der Waals surface area (Å²) in [5.41, 5.74) is 7.76. The summed E-state index contributed by atoms with van der Waals surface area (Å²) in [6.45, 7) is 8.39. The highest BCUT2D eigenvalue weighted by molar-refractivity contribution is 7.21. The number of aromatic nitrogens is 1. The number of rotatable bonds is 5. The molecule has 2 rings (SSSR count). The fraction of sp³-hybridized carbons (Fsp3) is 0.500. The lowest BCUT2D eigenvalue weighted by Crippen LogP contribution is -2.33. The maximum absolute atomic E-state index is 12.4. The minimum absolute atomic E-state index is 0.0919. The average molecular weight is 305 g/mol. The molecule has 2 heterocycles. The third kappa shape index (κ3) is 3.35. The quantitative estimate of drug-likeness (QED) is 0.884. The van der Waals surface area contributed by atoms with Crippen LogP contribution in [0.3, 0.4) is 0 Å². The SMILES string of the molecule is CCC(C)CC(C)NC(=O)c1sc2nccc(C)c2c1N. The number of nitrogens with two attached hydrogens (primary N) is 1. The van der Waals surface area contributed by atoms with E-state index in [4.69, 9.17) is 5.73 Å². The lowest BCUT2D eigenvalue weighted by Gasteiger charge is -2.17. The summed E-state index contributed by atoms with van der Waals surface area (Å²) in [5, 5.41) is 3.95. The second kappa shape index (κ2) is 6.43. The minimum atomic E-state index is -0.0919. The molecule has 2 unspecified atom stereocenters. The molecule has 0 aliphatic heterocycles. The smallest absolute Gasteiger partial charge is 0.263 e. The van der Waals surface area contributed by atoms with Gasteiger partial charge in [0.15, 0.2) is 0 Å². The summed E-state index contributed by atoms with van der Waals surface area (Å²) >= 11 is 1.36. The number of anilines is 1. The summed E-state index contributed by atoms with van der Waals surface area (Å²) in [4.78, 5) is 18.1. The molecule has 0 spiro atoms. The molecule has 4 nitrogen and oxygen atoms in total. The van der Waals surface area contributed by atoms with Crippen molar-refractivity contribution in [1.29, 1.82) is 0 Å². The lowest BCUT2D eigenvalue weighted by atomic mass is 10.0. The largest absolute Gasteiger partial charge is 0.397 e. The number of nitrogen functional groups attached to an aromatic ring is 1. The van der Waals surface area contributed by atoms with Crippen LogP contribution in [0, 0.1) is 12.8 Å². The third-order valence-corrected chi connectivity index (χ3v) is 4.99. The van der Waals surface area contributed by atoms with E-state index in [1.54, 1.807) is 6.20 Å². The van der Waals surface area contributed by atoms with Crippen molar-refractivity contribution in [2.24, 2.45) is 5.92 Å². The van der Waals surface area contributed by atoms with Crippen molar-refractivity contribution >= 4 is 33.1 Å². The fourth-order valence-corrected chi connectivity index (χ4v) is 3.53. The number of amides is 1. The van der Waals surface area contributed by atoms with Crippen molar-refractivity contribution in [3.63, 3.8) is 0 Å². The standard InChI is InChI=1S/C16H23N3OS/c1-5-9(2)8-11(4)19-15(20)14-13(17)12-10(3)6-7-18-16(12)21-14/h6-7,9,11H,5,8,17H2,1-4H3,(H,19,20). The predicted octanol–water partition coefficient (Wildman–Crippen LogP) is 3.74. The Morgan fingerprint density at radius 2 is 2.19 bits per heavy atom. The van der Waals surface area contributed by atoms with Crippen LogP contribution in [0.2, 0.25) is 0 Å². The number of fused-ring (bicyclic) bond motifs is 1. The van der Waals surface area contributed by atoms with Gasteiger partial charge >= 0.3 is 0 Å². The van der Waals surface area contributed by atoms with E-state index in [0.717, 1.165) is 28.6 Å². The number of carbonyl (C=O) groups is 1. The molecule has 2 aromatic heterocycles. The van der Waals surface area contributed by atoms with E-state index in [1.165, 1.54) is 11.3 Å². The second-order valence-electron chi connectivity index (χ2n) is 5.78. The Hall–Kier alpha value is -1.62. The molecule has 2 aromatic rings. The van der Waals surface area contributed by atoms with Crippen LogP contribution >= 0.6 is 11.3 Å². The number of nitrogens with zero attached hydrogens (tertiary/aromatic N) is 1. The monoisotopic (exact) mass is 305 g/mol. The van der Waals surface area contributed by atoms with E-state index in [2.05, 4.69) is 24.1 Å². The molecule has 0 fully saturated rings. The van der Waals surface area contributed by atoms with Crippen LogP contribution in [0.25, 0.3) is 10.2 Å². The van der Waals surface area contributed by atoms with Gasteiger partial charge in [-0.25, -0.2) is 4.98 Å². The van der Waals surface area contributed by atoms with Gasteiger partial charge in [0.25, 0.3) is 5.91 Å². The van der Waals surface area contributed by atoms with E-state index in [-0.39, 0.29) is 11.9 Å². The van der Waals surface area contributed by atoms with Crippen LogP contribution in [0.5, 0.6) is 0 Å². The average Bonchev–Trinajstić information content (AvgIpc) is 2.77. The van der Waals surface area contributed by atoms with Gasteiger partial charge in [0.05, 0.1) is 5.69 Å². The first-order valence-corrected chi connectivity index (χ1v) is 8.20. The number of carbonyl (C=O) groups excluding carboxylic acids is 1. The van der Waals surface area contributed by atoms with Crippen LogP contribution in [0.1, 0.15) is 48.8 Å². The molecule has 2 atom stereocenters. The minimum Gasteiger partial charge on any atom is -0.397 e. The highest BCUT2D eigenvalue weighted by Crippen LogP contribution is 2.34. The van der Waals surface area contributed by atoms with Gasteiger partial charge in [0, 0.05) is 17.6 Å². The van der Waals surface area contributed by atoms with Crippen molar-refractivity contribution in [3.05, 3.63) is 22.7 Å². The van der Waals surface area contributed by atoms with E-state index in [9.17, 15) is 4.79 Å². The first kappa shape index (κ1) is 15.8. The van der Waals surface area contributed by atoms with Gasteiger partial charge in [-0.1, -0.05) is 20.3 Å². The molecule has 114 valence electrons. The third-order valence-electron chi connectivity index (χ3n) is 3.87. The van der Waals surface area contributed by atoms with E-state index in [1.807, 2.05) is 19.9 Å². The maximum Gasteiger partial charge on any atom is 0.263 e. The van der Waals surface area contributed by atoms with E-state index >= 15 is 0 Å². The molecule has 0 aromatic carbocycles. The Bertz CT molecular complexity index is 650. The molecule has 21 heavy (non-hydrogen) atoms. The summed E-state index contributed by atoms with van der Waals surface area (Å²) in [6, 6.07) is 2.06. The highest BCUT2D eigenvalue weighted by atomic mass is 32.1. The van der Waals surface area contributed by atoms with Gasteiger partial charge in [-0.3, -0.25) is 4.79 Å². The van der Waals surface area contributed by atoms with Crippen molar-refractivity contribution < 1.29 is 4.79 Å². The second-order valence-corrected chi connectivity index (χ2v) is 6.78. The van der Waals surface area contributed by atoms with Gasteiger partial charge in [-0.15, -0.1) is 11.3 Å². The first-order valence-electron chi connectivity index (χ1n) is 7.38. The molecule has 0 saturated heterocycles. The highest BCUT2D eigenvalue weighted by Gasteiger charge is 2.20. The molecule has 0 aliphatic rings. The first-order chi connectivity index (χ1) is 9.93. The summed E-state index contributed by atoms with van der Waals surface area (Å²) in [7, 11) is 0. The van der Waals surface area contributed by atoms with Crippen molar-refractivity contribution in [3.8, 4) is 0 Å². The van der Waals surface area contributed by atoms with Gasteiger partial charge in [0.1, 0.15) is 9.71 Å². The molecular weight excluding hydrogens is 282 g/mol. The topological polar surface area (TPSA) is 68.0 Å². The van der Waals surface area contributed by atoms with E-state index < -0.39 is 0 Å². The van der Waals surface area contributed by atoms with Gasteiger partial charge in [-0.2, -0.15) is 0 Å². The Morgan fingerprint density at radius 3 is 2.81 bits per heavy atom. The molecule has 0 radical (unpaired) electrons. The Kier molecular flexibility index (Phi) is 4.83. The maximum atomic E-state index is 12.4. The summed E-state index contributed by atoms with van der Waals surface area (Å²) in [5.74, 6) is 0.509. The van der Waals surface area contributed by atoms with Gasteiger partial charge < -0.3 is 11.1 Å². The molecule has 5 heteroatoms.